The lowest BCUT2D eigenvalue weighted by Gasteiger charge is -2.42. The summed E-state index contributed by atoms with van der Waals surface area (Å²) in [4.78, 5) is 2.37. The quantitative estimate of drug-likeness (QED) is 0.585. The van der Waals surface area contributed by atoms with Crippen LogP contribution in [0.4, 0.5) is 0 Å². The van der Waals surface area contributed by atoms with E-state index in [1.54, 1.807) is 0 Å². The molecule has 0 aliphatic carbocycles. The monoisotopic (exact) mass is 451 g/mol. The van der Waals surface area contributed by atoms with E-state index >= 15 is 0 Å². The highest BCUT2D eigenvalue weighted by Gasteiger charge is 2.42. The van der Waals surface area contributed by atoms with E-state index in [0.29, 0.717) is 19.6 Å². The first-order valence-electron chi connectivity index (χ1n) is 10.0. The summed E-state index contributed by atoms with van der Waals surface area (Å²) >= 11 is 3.64. The van der Waals surface area contributed by atoms with Crippen LogP contribution in [0.15, 0.2) is 89.4 Å². The smallest absolute Gasteiger partial charge is 0.121 e. The molecule has 1 aliphatic rings. The summed E-state index contributed by atoms with van der Waals surface area (Å²) in [5.41, 5.74) is 2.13. The predicted octanol–water partition coefficient (Wildman–Crippen LogP) is 4.78. The van der Waals surface area contributed by atoms with Gasteiger partial charge < -0.3 is 9.84 Å². The van der Waals surface area contributed by atoms with Crippen LogP contribution < -0.4 is 0 Å². The first-order valence-corrected chi connectivity index (χ1v) is 10.8. The molecule has 1 saturated heterocycles. The second kappa shape index (κ2) is 9.23. The van der Waals surface area contributed by atoms with E-state index in [1.807, 2.05) is 54.6 Å². The fraction of sp³-hybridized carbons (Fsp3) is 0.280. The Labute approximate surface area is 181 Å². The van der Waals surface area contributed by atoms with Gasteiger partial charge in [0.1, 0.15) is 11.7 Å². The van der Waals surface area contributed by atoms with Crippen LogP contribution in [0.2, 0.25) is 0 Å². The van der Waals surface area contributed by atoms with Crippen LogP contribution >= 0.6 is 15.9 Å². The molecular weight excluding hydrogens is 426 g/mol. The predicted molar refractivity (Wildman–Crippen MR) is 120 cm³/mol. The third kappa shape index (κ3) is 4.78. The Morgan fingerprint density at radius 1 is 0.931 bits per heavy atom. The Hall–Kier alpha value is -1.98. The molecule has 3 aromatic carbocycles. The fourth-order valence-electron chi connectivity index (χ4n) is 4.04. The van der Waals surface area contributed by atoms with Crippen molar-refractivity contribution < 1.29 is 9.84 Å². The lowest BCUT2D eigenvalue weighted by molar-refractivity contribution is -0.149. The van der Waals surface area contributed by atoms with Gasteiger partial charge in [-0.15, -0.1) is 0 Å². The third-order valence-corrected chi connectivity index (χ3v) is 6.40. The molecule has 0 aromatic heterocycles. The van der Waals surface area contributed by atoms with Crippen LogP contribution in [0.1, 0.15) is 16.7 Å². The van der Waals surface area contributed by atoms with Gasteiger partial charge in [-0.3, -0.25) is 4.90 Å². The van der Waals surface area contributed by atoms with E-state index in [2.05, 4.69) is 51.2 Å². The van der Waals surface area contributed by atoms with Gasteiger partial charge in [0.25, 0.3) is 0 Å². The van der Waals surface area contributed by atoms with Crippen molar-refractivity contribution in [1.29, 1.82) is 0 Å². The molecule has 4 rings (SSSR count). The van der Waals surface area contributed by atoms with Gasteiger partial charge in [-0.05, 0) is 22.8 Å². The zero-order chi connectivity index (χ0) is 20.1. The fourth-order valence-corrected chi connectivity index (χ4v) is 4.46. The molecule has 0 bridgehead atoms. The van der Waals surface area contributed by atoms with Crippen LogP contribution in [0.25, 0.3) is 0 Å². The molecule has 2 atom stereocenters. The molecule has 1 N–H and O–H groups in total. The van der Waals surface area contributed by atoms with Crippen molar-refractivity contribution in [3.63, 3.8) is 0 Å². The molecule has 0 saturated carbocycles. The molecule has 1 heterocycles. The number of rotatable bonds is 6. The van der Waals surface area contributed by atoms with Gasteiger partial charge in [0.15, 0.2) is 0 Å². The number of morpholine rings is 1. The first-order chi connectivity index (χ1) is 14.1. The number of ether oxygens (including phenoxy) is 1. The Kier molecular flexibility index (Phi) is 6.46. The maximum Gasteiger partial charge on any atom is 0.121 e. The molecule has 150 valence electrons. The summed E-state index contributed by atoms with van der Waals surface area (Å²) in [6.45, 7) is 3.03. The second-order valence-electron chi connectivity index (χ2n) is 7.64. The summed E-state index contributed by atoms with van der Waals surface area (Å²) in [5, 5.41) is 12.0. The summed E-state index contributed by atoms with van der Waals surface area (Å²) in [5.74, 6) is 0. The minimum atomic E-state index is -1.11. The van der Waals surface area contributed by atoms with Crippen LogP contribution in [0.3, 0.4) is 0 Å². The number of hydrogen-bond acceptors (Lipinski definition) is 3. The molecule has 1 aliphatic heterocycles. The van der Waals surface area contributed by atoms with Crippen molar-refractivity contribution in [3.8, 4) is 0 Å². The number of halogens is 1. The maximum atomic E-state index is 12.0. The highest BCUT2D eigenvalue weighted by atomic mass is 79.9. The molecule has 4 heteroatoms. The Morgan fingerprint density at radius 3 is 2.31 bits per heavy atom. The number of aliphatic hydroxyl groups is 1. The van der Waals surface area contributed by atoms with Gasteiger partial charge >= 0.3 is 0 Å². The molecule has 0 spiro atoms. The van der Waals surface area contributed by atoms with Crippen molar-refractivity contribution in [2.45, 2.75) is 24.7 Å². The minimum Gasteiger partial charge on any atom is -0.382 e. The lowest BCUT2D eigenvalue weighted by Crippen LogP contribution is -2.53. The number of benzene rings is 3. The molecule has 1 fully saturated rings. The van der Waals surface area contributed by atoms with Gasteiger partial charge in [0.05, 0.1) is 6.61 Å². The van der Waals surface area contributed by atoms with Crippen molar-refractivity contribution in [2.24, 2.45) is 0 Å². The Morgan fingerprint density at radius 2 is 1.59 bits per heavy atom. The molecule has 0 radical (unpaired) electrons. The largest absolute Gasteiger partial charge is 0.382 e. The second-order valence-corrected chi connectivity index (χ2v) is 8.49. The summed E-state index contributed by atoms with van der Waals surface area (Å²) < 4.78 is 7.18. The highest BCUT2D eigenvalue weighted by molar-refractivity contribution is 9.10. The molecule has 29 heavy (non-hydrogen) atoms. The number of nitrogens with zero attached hydrogens (tertiary/aromatic N) is 1. The summed E-state index contributed by atoms with van der Waals surface area (Å²) in [6, 6.07) is 28.5. The Balaban J connectivity index is 1.61. The zero-order valence-corrected chi connectivity index (χ0v) is 18.0. The highest BCUT2D eigenvalue weighted by Crippen LogP contribution is 2.35. The molecule has 3 nitrogen and oxygen atoms in total. The van der Waals surface area contributed by atoms with Crippen molar-refractivity contribution in [2.75, 3.05) is 19.7 Å². The molecule has 0 amide bonds. The normalized spacial score (nSPS) is 19.6. The van der Waals surface area contributed by atoms with Crippen LogP contribution in [-0.2, 0) is 23.3 Å². The van der Waals surface area contributed by atoms with E-state index in [-0.39, 0.29) is 6.10 Å². The summed E-state index contributed by atoms with van der Waals surface area (Å²) in [7, 11) is 0. The average molecular weight is 452 g/mol. The maximum absolute atomic E-state index is 12.0. The lowest BCUT2D eigenvalue weighted by atomic mass is 9.81. The van der Waals surface area contributed by atoms with Crippen LogP contribution in [0, 0.1) is 0 Å². The van der Waals surface area contributed by atoms with Gasteiger partial charge in [0, 0.05) is 30.5 Å². The standard InChI is InChI=1S/C25H26BrNO2/c26-23-14-8-7-11-21(23)17-25(28,22-12-5-2-6-13-22)24-19-27(15-16-29-24)18-20-9-3-1-4-10-20/h1-14,24,28H,15-19H2/t24-,25+/m0/s1. The molecular formula is C25H26BrNO2. The van der Waals surface area contributed by atoms with Gasteiger partial charge in [-0.25, -0.2) is 0 Å². The number of hydrogen-bond donors (Lipinski definition) is 1. The minimum absolute atomic E-state index is 0.311. The zero-order valence-electron chi connectivity index (χ0n) is 16.4. The summed E-state index contributed by atoms with van der Waals surface area (Å²) in [6.07, 6.45) is 0.178. The van der Waals surface area contributed by atoms with E-state index in [9.17, 15) is 5.11 Å². The van der Waals surface area contributed by atoms with Gasteiger partial charge in [0.2, 0.25) is 0 Å². The molecule has 3 aromatic rings. The van der Waals surface area contributed by atoms with Gasteiger partial charge in [-0.2, -0.15) is 0 Å². The average Bonchev–Trinajstić information content (AvgIpc) is 2.77. The van der Waals surface area contributed by atoms with Crippen LogP contribution in [0.5, 0.6) is 0 Å². The Bertz CT molecular complexity index is 918. The van der Waals surface area contributed by atoms with E-state index in [1.165, 1.54) is 5.56 Å². The van der Waals surface area contributed by atoms with Crippen molar-refractivity contribution >= 4 is 15.9 Å². The SMILES string of the molecule is O[C@](Cc1ccccc1Br)(c1ccccc1)[C@@H]1CN(Cc2ccccc2)CCO1. The first kappa shape index (κ1) is 20.3. The topological polar surface area (TPSA) is 32.7 Å². The van der Waals surface area contributed by atoms with Crippen molar-refractivity contribution in [3.05, 3.63) is 106 Å². The third-order valence-electron chi connectivity index (χ3n) is 5.62. The van der Waals surface area contributed by atoms with Gasteiger partial charge in [-0.1, -0.05) is 94.8 Å². The van der Waals surface area contributed by atoms with Crippen LogP contribution in [-0.4, -0.2) is 35.8 Å². The van der Waals surface area contributed by atoms with E-state index in [0.717, 1.165) is 28.7 Å². The van der Waals surface area contributed by atoms with E-state index < -0.39 is 5.60 Å². The molecule has 0 unspecified atom stereocenters. The van der Waals surface area contributed by atoms with Crippen molar-refractivity contribution in [1.82, 2.24) is 4.90 Å². The van der Waals surface area contributed by atoms with E-state index in [4.69, 9.17) is 4.74 Å².